The number of aliphatic hydroxyl groups excluding tert-OH is 1. The normalized spacial score (nSPS) is 51.4. The summed E-state index contributed by atoms with van der Waals surface area (Å²) in [5, 5.41) is 12.0. The second kappa shape index (κ2) is 1.45. The molecular formula is C6H11NO. The predicted octanol–water partition coefficient (Wildman–Crippen LogP) is -0.413. The summed E-state index contributed by atoms with van der Waals surface area (Å²) in [4.78, 5) is 0. The molecule has 0 spiro atoms. The lowest BCUT2D eigenvalue weighted by molar-refractivity contribution is 0.242. The highest BCUT2D eigenvalue weighted by molar-refractivity contribution is 5.01. The maximum atomic E-state index is 8.70. The third-order valence-corrected chi connectivity index (χ3v) is 2.33. The molecule has 1 aliphatic heterocycles. The van der Waals surface area contributed by atoms with Crippen molar-refractivity contribution in [3.63, 3.8) is 0 Å². The third-order valence-electron chi connectivity index (χ3n) is 2.33. The van der Waals surface area contributed by atoms with Gasteiger partial charge in [0, 0.05) is 6.04 Å². The molecule has 2 rings (SSSR count). The van der Waals surface area contributed by atoms with Gasteiger partial charge < -0.3 is 10.4 Å². The second-order valence-corrected chi connectivity index (χ2v) is 2.86. The molecule has 46 valence electrons. The van der Waals surface area contributed by atoms with Gasteiger partial charge in [0.1, 0.15) is 0 Å². The molecule has 2 aliphatic rings. The zero-order valence-corrected chi connectivity index (χ0v) is 4.80. The summed E-state index contributed by atoms with van der Waals surface area (Å²) in [6, 6.07) is 0.444. The first kappa shape index (κ1) is 4.77. The van der Waals surface area contributed by atoms with Crippen LogP contribution >= 0.6 is 0 Å². The molecular weight excluding hydrogens is 102 g/mol. The van der Waals surface area contributed by atoms with Gasteiger partial charge >= 0.3 is 0 Å². The van der Waals surface area contributed by atoms with Gasteiger partial charge in [0.25, 0.3) is 0 Å². The Morgan fingerprint density at radius 1 is 1.62 bits per heavy atom. The molecule has 0 bridgehead atoms. The highest BCUT2D eigenvalue weighted by Gasteiger charge is 2.47. The van der Waals surface area contributed by atoms with Crippen LogP contribution in [0, 0.1) is 11.8 Å². The highest BCUT2D eigenvalue weighted by atomic mass is 16.3. The van der Waals surface area contributed by atoms with Crippen molar-refractivity contribution in [1.29, 1.82) is 0 Å². The van der Waals surface area contributed by atoms with Gasteiger partial charge in [-0.3, -0.25) is 0 Å². The first-order valence-electron chi connectivity index (χ1n) is 3.26. The minimum absolute atomic E-state index is 0.334. The van der Waals surface area contributed by atoms with Gasteiger partial charge in [0.05, 0.1) is 6.61 Å². The number of fused-ring (bicyclic) bond motifs is 1. The molecule has 2 nitrogen and oxygen atoms in total. The second-order valence-electron chi connectivity index (χ2n) is 2.86. The van der Waals surface area contributed by atoms with Gasteiger partial charge in [-0.05, 0) is 24.8 Å². The van der Waals surface area contributed by atoms with Crippen LogP contribution < -0.4 is 5.32 Å². The molecule has 1 heterocycles. The third kappa shape index (κ3) is 0.501. The Morgan fingerprint density at radius 2 is 2.50 bits per heavy atom. The highest BCUT2D eigenvalue weighted by Crippen LogP contribution is 2.44. The van der Waals surface area contributed by atoms with Crippen molar-refractivity contribution in [3.8, 4) is 0 Å². The van der Waals surface area contributed by atoms with Crippen molar-refractivity contribution in [1.82, 2.24) is 5.32 Å². The van der Waals surface area contributed by atoms with E-state index in [0.717, 1.165) is 18.4 Å². The van der Waals surface area contributed by atoms with E-state index in [4.69, 9.17) is 5.11 Å². The standard InChI is InChI=1S/C6H11NO/c8-3-6-5-1-4(5)2-7-6/h4-8H,1-3H2/t4-,5?,6+/m0/s1. The topological polar surface area (TPSA) is 32.3 Å². The average Bonchev–Trinajstić information content (AvgIpc) is 2.46. The van der Waals surface area contributed by atoms with Crippen LogP contribution in [0.4, 0.5) is 0 Å². The van der Waals surface area contributed by atoms with Gasteiger partial charge in [-0.1, -0.05) is 0 Å². The Labute approximate surface area is 48.9 Å². The average molecular weight is 113 g/mol. The van der Waals surface area contributed by atoms with Crippen LogP contribution in [0.5, 0.6) is 0 Å². The van der Waals surface area contributed by atoms with E-state index in [1.165, 1.54) is 6.42 Å². The number of nitrogens with one attached hydrogen (secondary N) is 1. The van der Waals surface area contributed by atoms with E-state index >= 15 is 0 Å². The predicted molar refractivity (Wildman–Crippen MR) is 30.5 cm³/mol. The molecule has 1 aliphatic carbocycles. The quantitative estimate of drug-likeness (QED) is 0.484. The zero-order chi connectivity index (χ0) is 5.56. The van der Waals surface area contributed by atoms with Gasteiger partial charge in [-0.15, -0.1) is 0 Å². The van der Waals surface area contributed by atoms with Crippen molar-refractivity contribution in [3.05, 3.63) is 0 Å². The fourth-order valence-corrected chi connectivity index (χ4v) is 1.65. The van der Waals surface area contributed by atoms with Gasteiger partial charge in [-0.2, -0.15) is 0 Å². The summed E-state index contributed by atoms with van der Waals surface area (Å²) in [5.74, 6) is 1.76. The Balaban J connectivity index is 1.97. The number of rotatable bonds is 1. The largest absolute Gasteiger partial charge is 0.395 e. The summed E-state index contributed by atoms with van der Waals surface area (Å²) in [7, 11) is 0. The lowest BCUT2D eigenvalue weighted by atomic mass is 10.2. The van der Waals surface area contributed by atoms with Crippen molar-refractivity contribution >= 4 is 0 Å². The maximum Gasteiger partial charge on any atom is 0.0587 e. The Kier molecular flexibility index (Phi) is 0.866. The van der Waals surface area contributed by atoms with E-state index in [0.29, 0.717) is 12.6 Å². The van der Waals surface area contributed by atoms with E-state index in [9.17, 15) is 0 Å². The van der Waals surface area contributed by atoms with Crippen LogP contribution in [-0.4, -0.2) is 24.3 Å². The van der Waals surface area contributed by atoms with E-state index < -0.39 is 0 Å². The van der Waals surface area contributed by atoms with Crippen LogP contribution in [0.25, 0.3) is 0 Å². The van der Waals surface area contributed by atoms with E-state index in [2.05, 4.69) is 5.32 Å². The van der Waals surface area contributed by atoms with Crippen molar-refractivity contribution in [2.75, 3.05) is 13.2 Å². The number of piperidine rings is 1. The minimum Gasteiger partial charge on any atom is -0.395 e. The molecule has 2 heteroatoms. The van der Waals surface area contributed by atoms with E-state index in [1.54, 1.807) is 0 Å². The number of hydrogen-bond donors (Lipinski definition) is 2. The molecule has 8 heavy (non-hydrogen) atoms. The fourth-order valence-electron chi connectivity index (χ4n) is 1.65. The zero-order valence-electron chi connectivity index (χ0n) is 4.80. The maximum absolute atomic E-state index is 8.70. The molecule has 2 N–H and O–H groups in total. The lowest BCUT2D eigenvalue weighted by Gasteiger charge is -2.06. The van der Waals surface area contributed by atoms with Gasteiger partial charge in [0.15, 0.2) is 0 Å². The van der Waals surface area contributed by atoms with Crippen LogP contribution in [0.15, 0.2) is 0 Å². The summed E-state index contributed by atoms with van der Waals surface area (Å²) >= 11 is 0. The molecule has 3 atom stereocenters. The van der Waals surface area contributed by atoms with Gasteiger partial charge in [-0.25, -0.2) is 0 Å². The Morgan fingerprint density at radius 3 is 2.75 bits per heavy atom. The molecule has 0 aromatic rings. The molecule has 0 amide bonds. The monoisotopic (exact) mass is 113 g/mol. The van der Waals surface area contributed by atoms with Crippen LogP contribution in [0.3, 0.4) is 0 Å². The van der Waals surface area contributed by atoms with Crippen molar-refractivity contribution in [2.24, 2.45) is 11.8 Å². The molecule has 1 saturated heterocycles. The Hall–Kier alpha value is -0.0800. The first-order valence-corrected chi connectivity index (χ1v) is 3.26. The SMILES string of the molecule is OC[C@H]1NC[C@@H]2CC21. The fraction of sp³-hybridized carbons (Fsp3) is 1.00. The molecule has 1 unspecified atom stereocenters. The summed E-state index contributed by atoms with van der Waals surface area (Å²) in [6.45, 7) is 1.48. The van der Waals surface area contributed by atoms with E-state index in [1.807, 2.05) is 0 Å². The smallest absolute Gasteiger partial charge is 0.0587 e. The molecule has 0 aromatic heterocycles. The minimum atomic E-state index is 0.334. The van der Waals surface area contributed by atoms with Crippen molar-refractivity contribution < 1.29 is 5.11 Å². The lowest BCUT2D eigenvalue weighted by Crippen LogP contribution is -2.29. The van der Waals surface area contributed by atoms with E-state index in [-0.39, 0.29) is 0 Å². The number of aliphatic hydroxyl groups is 1. The van der Waals surface area contributed by atoms with Gasteiger partial charge in [0.2, 0.25) is 0 Å². The molecule has 0 aromatic carbocycles. The van der Waals surface area contributed by atoms with Crippen LogP contribution in [-0.2, 0) is 0 Å². The van der Waals surface area contributed by atoms with Crippen LogP contribution in [0.1, 0.15) is 6.42 Å². The molecule has 1 saturated carbocycles. The summed E-state index contributed by atoms with van der Waals surface area (Å²) in [6.07, 6.45) is 1.36. The Bertz CT molecular complexity index is 105. The molecule has 2 fully saturated rings. The molecule has 0 radical (unpaired) electrons. The summed E-state index contributed by atoms with van der Waals surface area (Å²) in [5.41, 5.74) is 0. The summed E-state index contributed by atoms with van der Waals surface area (Å²) < 4.78 is 0. The first-order chi connectivity index (χ1) is 3.92. The van der Waals surface area contributed by atoms with Crippen LogP contribution in [0.2, 0.25) is 0 Å². The van der Waals surface area contributed by atoms with Crippen molar-refractivity contribution in [2.45, 2.75) is 12.5 Å². The number of hydrogen-bond acceptors (Lipinski definition) is 2.